The summed E-state index contributed by atoms with van der Waals surface area (Å²) >= 11 is 0. The van der Waals surface area contributed by atoms with Crippen LogP contribution in [0.4, 0.5) is 0 Å². The van der Waals surface area contributed by atoms with Crippen molar-refractivity contribution in [1.82, 2.24) is 9.80 Å². The van der Waals surface area contributed by atoms with Gasteiger partial charge < -0.3 is 9.80 Å². The molecular formula is C30H60N2. The molecule has 1 aliphatic rings. The van der Waals surface area contributed by atoms with Gasteiger partial charge in [0, 0.05) is 25.0 Å². The normalized spacial score (nSPS) is 16.1. The van der Waals surface area contributed by atoms with Crippen molar-refractivity contribution in [2.75, 3.05) is 6.54 Å². The van der Waals surface area contributed by atoms with Crippen LogP contribution in [0.2, 0.25) is 0 Å². The summed E-state index contributed by atoms with van der Waals surface area (Å²) in [5.41, 5.74) is 0. The third-order valence-corrected chi connectivity index (χ3v) is 7.34. The molecule has 0 saturated carbocycles. The zero-order valence-electron chi connectivity index (χ0n) is 22.8. The Balaban J connectivity index is 2.04. The second-order valence-electron chi connectivity index (χ2n) is 10.7. The minimum atomic E-state index is 0.609. The minimum absolute atomic E-state index is 0.609. The van der Waals surface area contributed by atoms with Crippen LogP contribution < -0.4 is 0 Å². The summed E-state index contributed by atoms with van der Waals surface area (Å²) in [5, 5.41) is 0. The lowest BCUT2D eigenvalue weighted by Gasteiger charge is -2.35. The molecular weight excluding hydrogens is 388 g/mol. The molecule has 1 atom stereocenters. The second-order valence-corrected chi connectivity index (χ2v) is 10.7. The van der Waals surface area contributed by atoms with E-state index in [1.165, 1.54) is 141 Å². The topological polar surface area (TPSA) is 6.48 Å². The molecule has 0 aromatic heterocycles. The number of rotatable bonds is 23. The molecule has 0 N–H and O–H groups in total. The Morgan fingerprint density at radius 3 is 1.38 bits per heavy atom. The molecule has 1 aliphatic heterocycles. The van der Waals surface area contributed by atoms with E-state index in [2.05, 4.69) is 49.9 Å². The third-order valence-electron chi connectivity index (χ3n) is 7.34. The van der Waals surface area contributed by atoms with Crippen LogP contribution in [0.25, 0.3) is 0 Å². The van der Waals surface area contributed by atoms with Crippen molar-refractivity contribution in [3.63, 3.8) is 0 Å². The second kappa shape index (κ2) is 20.9. The van der Waals surface area contributed by atoms with E-state index in [9.17, 15) is 0 Å². The largest absolute Gasteiger partial charge is 0.356 e. The Hall–Kier alpha value is -0.660. The molecule has 1 heterocycles. The molecule has 0 fully saturated rings. The van der Waals surface area contributed by atoms with Gasteiger partial charge in [0.1, 0.15) is 6.17 Å². The molecule has 0 aromatic carbocycles. The summed E-state index contributed by atoms with van der Waals surface area (Å²) in [6.07, 6.45) is 35.3. The highest BCUT2D eigenvalue weighted by molar-refractivity contribution is 4.98. The molecule has 0 aliphatic carbocycles. The number of hydrogen-bond acceptors (Lipinski definition) is 2. The van der Waals surface area contributed by atoms with Crippen molar-refractivity contribution in [1.29, 1.82) is 0 Å². The molecule has 190 valence electrons. The number of hydrogen-bond donors (Lipinski definition) is 0. The predicted molar refractivity (Wildman–Crippen MR) is 145 cm³/mol. The minimum Gasteiger partial charge on any atom is -0.356 e. The van der Waals surface area contributed by atoms with Gasteiger partial charge in [0.15, 0.2) is 0 Å². The summed E-state index contributed by atoms with van der Waals surface area (Å²) in [7, 11) is 0. The number of nitrogens with zero attached hydrogens (tertiary/aromatic N) is 2. The summed E-state index contributed by atoms with van der Waals surface area (Å²) in [6, 6.07) is 0.609. The zero-order chi connectivity index (χ0) is 23.3. The van der Waals surface area contributed by atoms with Crippen LogP contribution in [0, 0.1) is 0 Å². The van der Waals surface area contributed by atoms with E-state index in [4.69, 9.17) is 0 Å². The molecule has 2 nitrogen and oxygen atoms in total. The molecule has 0 aromatic rings. The van der Waals surface area contributed by atoms with Crippen LogP contribution in [0.15, 0.2) is 12.4 Å². The van der Waals surface area contributed by atoms with Crippen molar-refractivity contribution < 1.29 is 0 Å². The van der Waals surface area contributed by atoms with Crippen molar-refractivity contribution in [3.05, 3.63) is 12.4 Å². The van der Waals surface area contributed by atoms with Gasteiger partial charge in [-0.05, 0) is 33.1 Å². The molecule has 1 unspecified atom stereocenters. The van der Waals surface area contributed by atoms with E-state index in [1.807, 2.05) is 0 Å². The fourth-order valence-corrected chi connectivity index (χ4v) is 5.18. The maximum absolute atomic E-state index is 2.64. The zero-order valence-corrected chi connectivity index (χ0v) is 22.8. The first-order chi connectivity index (χ1) is 15.7. The molecule has 0 bridgehead atoms. The highest BCUT2D eigenvalue weighted by Crippen LogP contribution is 2.25. The molecule has 2 heteroatoms. The van der Waals surface area contributed by atoms with Crippen LogP contribution >= 0.6 is 0 Å². The summed E-state index contributed by atoms with van der Waals surface area (Å²) in [6.45, 7) is 10.5. The highest BCUT2D eigenvalue weighted by atomic mass is 15.4. The van der Waals surface area contributed by atoms with Crippen LogP contribution in [-0.2, 0) is 0 Å². The Morgan fingerprint density at radius 2 is 0.938 bits per heavy atom. The Morgan fingerprint density at radius 1 is 0.531 bits per heavy atom. The first kappa shape index (κ1) is 29.4. The average molecular weight is 449 g/mol. The molecule has 0 spiro atoms. The van der Waals surface area contributed by atoms with Crippen LogP contribution in [0.1, 0.15) is 163 Å². The van der Waals surface area contributed by atoms with E-state index in [0.29, 0.717) is 12.2 Å². The lowest BCUT2D eigenvalue weighted by Crippen LogP contribution is -2.42. The standard InChI is InChI=1S/C30H60N2/c1-5-7-9-11-13-14-15-16-17-18-19-20-21-23-25-30-31(27-28-32(30)29(3)4)26-24-22-12-10-8-6-2/h27-30H,5-26H2,1-4H3. The lowest BCUT2D eigenvalue weighted by atomic mass is 10.0. The Labute approximate surface area is 203 Å². The monoisotopic (exact) mass is 448 g/mol. The quantitative estimate of drug-likeness (QED) is 0.143. The SMILES string of the molecule is CCCCCCCCCCCCCCCCC1N(CCCCCCCC)C=CN1C(C)C. The molecule has 32 heavy (non-hydrogen) atoms. The van der Waals surface area contributed by atoms with E-state index >= 15 is 0 Å². The van der Waals surface area contributed by atoms with E-state index in [0.717, 1.165) is 0 Å². The van der Waals surface area contributed by atoms with Gasteiger partial charge in [0.25, 0.3) is 0 Å². The van der Waals surface area contributed by atoms with E-state index in [-0.39, 0.29) is 0 Å². The Bertz CT molecular complexity index is 417. The van der Waals surface area contributed by atoms with Crippen LogP contribution in [0.3, 0.4) is 0 Å². The summed E-state index contributed by atoms with van der Waals surface area (Å²) in [4.78, 5) is 5.24. The van der Waals surface area contributed by atoms with Crippen molar-refractivity contribution in [2.24, 2.45) is 0 Å². The molecule has 0 saturated heterocycles. The van der Waals surface area contributed by atoms with Gasteiger partial charge in [-0.3, -0.25) is 0 Å². The van der Waals surface area contributed by atoms with Gasteiger partial charge >= 0.3 is 0 Å². The molecule has 0 amide bonds. The van der Waals surface area contributed by atoms with Gasteiger partial charge in [-0.1, -0.05) is 129 Å². The fraction of sp³-hybridized carbons (Fsp3) is 0.933. The predicted octanol–water partition coefficient (Wildman–Crippen LogP) is 10.0. The third kappa shape index (κ3) is 14.5. The summed E-state index contributed by atoms with van der Waals surface area (Å²) < 4.78 is 0. The summed E-state index contributed by atoms with van der Waals surface area (Å²) in [5.74, 6) is 0. The van der Waals surface area contributed by atoms with Gasteiger partial charge in [0.2, 0.25) is 0 Å². The lowest BCUT2D eigenvalue weighted by molar-refractivity contribution is 0.114. The maximum atomic E-state index is 2.64. The molecule has 0 radical (unpaired) electrons. The van der Waals surface area contributed by atoms with Crippen molar-refractivity contribution in [2.45, 2.75) is 175 Å². The van der Waals surface area contributed by atoms with Gasteiger partial charge in [0.05, 0.1) is 0 Å². The highest BCUT2D eigenvalue weighted by Gasteiger charge is 2.26. The van der Waals surface area contributed by atoms with Gasteiger partial charge in [-0.25, -0.2) is 0 Å². The van der Waals surface area contributed by atoms with Gasteiger partial charge in [-0.15, -0.1) is 0 Å². The first-order valence-electron chi connectivity index (χ1n) is 14.9. The van der Waals surface area contributed by atoms with Crippen LogP contribution in [-0.4, -0.2) is 28.6 Å². The van der Waals surface area contributed by atoms with Crippen LogP contribution in [0.5, 0.6) is 0 Å². The van der Waals surface area contributed by atoms with E-state index < -0.39 is 0 Å². The first-order valence-corrected chi connectivity index (χ1v) is 14.9. The van der Waals surface area contributed by atoms with Gasteiger partial charge in [-0.2, -0.15) is 0 Å². The Kier molecular flexibility index (Phi) is 19.2. The maximum Gasteiger partial charge on any atom is 0.101 e. The molecule has 1 rings (SSSR count). The van der Waals surface area contributed by atoms with Crippen molar-refractivity contribution in [3.8, 4) is 0 Å². The average Bonchev–Trinajstić information content (AvgIpc) is 3.19. The fourth-order valence-electron chi connectivity index (χ4n) is 5.18. The van der Waals surface area contributed by atoms with E-state index in [1.54, 1.807) is 0 Å². The van der Waals surface area contributed by atoms with Crippen molar-refractivity contribution >= 4 is 0 Å². The number of unbranched alkanes of at least 4 members (excludes halogenated alkanes) is 18. The smallest absolute Gasteiger partial charge is 0.101 e.